The second-order valence-corrected chi connectivity index (χ2v) is 9.82. The Morgan fingerprint density at radius 2 is 1.24 bits per heavy atom. The number of anilines is 2. The molecule has 0 aliphatic carbocycles. The predicted molar refractivity (Wildman–Crippen MR) is 148 cm³/mol. The molecular weight excluding hydrogens is 793 g/mol. The van der Waals surface area contributed by atoms with E-state index >= 15 is 0 Å². The molecule has 2 rings (SSSR count). The number of nitro benzene ring substituents is 2. The molecule has 2 amide bonds. The van der Waals surface area contributed by atoms with Gasteiger partial charge in [-0.25, -0.2) is 4.79 Å². The normalized spacial score (nSPS) is 10.5. The molecule has 0 atom stereocenters. The van der Waals surface area contributed by atoms with Crippen molar-refractivity contribution in [3.63, 3.8) is 0 Å². The lowest BCUT2D eigenvalue weighted by Crippen LogP contribution is -2.17. The van der Waals surface area contributed by atoms with Gasteiger partial charge < -0.3 is 15.7 Å². The van der Waals surface area contributed by atoms with Gasteiger partial charge in [0.1, 0.15) is 0 Å². The van der Waals surface area contributed by atoms with E-state index in [1.165, 1.54) is 0 Å². The van der Waals surface area contributed by atoms with Crippen molar-refractivity contribution in [2.75, 3.05) is 10.6 Å². The number of aromatic carboxylic acids is 1. The molecule has 2 aromatic carbocycles. The number of nitrogens with zero attached hydrogens (tertiary/aromatic N) is 2. The molecule has 180 valence electrons. The highest BCUT2D eigenvalue weighted by Gasteiger charge is 2.34. The quantitative estimate of drug-likeness (QED) is 0.181. The van der Waals surface area contributed by atoms with Crippen molar-refractivity contribution in [3.8, 4) is 11.1 Å². The average molecular weight is 808 g/mol. The lowest BCUT2D eigenvalue weighted by Gasteiger charge is -2.20. The van der Waals surface area contributed by atoms with Gasteiger partial charge in [-0.2, -0.15) is 0 Å². The fourth-order valence-corrected chi connectivity index (χ4v) is 7.18. The summed E-state index contributed by atoms with van der Waals surface area (Å²) in [5, 5.41) is 38.1. The van der Waals surface area contributed by atoms with Gasteiger partial charge in [-0.1, -0.05) is 13.8 Å². The van der Waals surface area contributed by atoms with Gasteiger partial charge in [0.25, 0.3) is 11.4 Å². The number of rotatable bonds is 8. The second-order valence-electron chi connectivity index (χ2n) is 6.58. The van der Waals surface area contributed by atoms with Crippen molar-refractivity contribution in [1.29, 1.82) is 0 Å². The van der Waals surface area contributed by atoms with Crippen LogP contribution in [0.5, 0.6) is 0 Å². The molecule has 34 heavy (non-hydrogen) atoms. The number of nitrogens with one attached hydrogen (secondary N) is 2. The van der Waals surface area contributed by atoms with Crippen LogP contribution in [-0.4, -0.2) is 32.7 Å². The minimum atomic E-state index is -1.82. The highest BCUT2D eigenvalue weighted by molar-refractivity contribution is 14.1. The lowest BCUT2D eigenvalue weighted by atomic mass is 9.99. The monoisotopic (exact) mass is 808 g/mol. The van der Waals surface area contributed by atoms with Gasteiger partial charge in [0.2, 0.25) is 17.4 Å². The van der Waals surface area contributed by atoms with Crippen LogP contribution in [0.25, 0.3) is 11.1 Å². The van der Waals surface area contributed by atoms with E-state index in [9.17, 15) is 39.7 Å². The first-order valence-electron chi connectivity index (χ1n) is 9.36. The largest absolute Gasteiger partial charge is 0.477 e. The van der Waals surface area contributed by atoms with Crippen LogP contribution in [0.3, 0.4) is 0 Å². The van der Waals surface area contributed by atoms with Crippen molar-refractivity contribution in [2.45, 2.75) is 26.7 Å². The van der Waals surface area contributed by atoms with Gasteiger partial charge in [-0.15, -0.1) is 0 Å². The number of amides is 2. The van der Waals surface area contributed by atoms with E-state index in [1.807, 2.05) is 67.8 Å². The van der Waals surface area contributed by atoms with Gasteiger partial charge in [0.05, 0.1) is 24.8 Å². The van der Waals surface area contributed by atoms with E-state index in [2.05, 4.69) is 10.6 Å². The number of carboxylic acids is 1. The molecule has 0 spiro atoms. The third-order valence-corrected chi connectivity index (χ3v) is 7.72. The number of hydrogen-bond donors (Lipinski definition) is 3. The molecule has 0 fully saturated rings. The molecule has 0 aliphatic rings. The Bertz CT molecular complexity index is 1170. The first-order chi connectivity index (χ1) is 15.8. The minimum absolute atomic E-state index is 0.0207. The molecular formula is C19H15I3N4O8. The number of carboxylic acid groups (broad SMARTS) is 1. The summed E-state index contributed by atoms with van der Waals surface area (Å²) in [4.78, 5) is 57.1. The maximum absolute atomic E-state index is 12.2. The van der Waals surface area contributed by atoms with Crippen molar-refractivity contribution in [1.82, 2.24) is 0 Å². The topological polar surface area (TPSA) is 182 Å². The zero-order valence-corrected chi connectivity index (χ0v) is 23.9. The predicted octanol–water partition coefficient (Wildman–Crippen LogP) is 5.38. The highest BCUT2D eigenvalue weighted by Crippen LogP contribution is 2.45. The van der Waals surface area contributed by atoms with Crippen LogP contribution in [0.2, 0.25) is 0 Å². The Kier molecular flexibility index (Phi) is 9.51. The van der Waals surface area contributed by atoms with Crippen LogP contribution in [0, 0.1) is 30.9 Å². The zero-order chi connectivity index (χ0) is 25.9. The maximum atomic E-state index is 12.2. The Hall–Kier alpha value is -2.16. The van der Waals surface area contributed by atoms with E-state index in [4.69, 9.17) is 0 Å². The Balaban J connectivity index is 3.04. The maximum Gasteiger partial charge on any atom is 0.349 e. The average Bonchev–Trinajstić information content (AvgIpc) is 2.78. The molecule has 0 bridgehead atoms. The summed E-state index contributed by atoms with van der Waals surface area (Å²) in [6.07, 6.45) is 0.294. The van der Waals surface area contributed by atoms with Crippen LogP contribution in [0.4, 0.5) is 22.7 Å². The molecule has 12 nitrogen and oxygen atoms in total. The van der Waals surface area contributed by atoms with Gasteiger partial charge >= 0.3 is 5.97 Å². The molecule has 2 aromatic rings. The Morgan fingerprint density at radius 1 is 0.853 bits per heavy atom. The first-order valence-corrected chi connectivity index (χ1v) is 12.6. The molecule has 0 saturated carbocycles. The smallest absolute Gasteiger partial charge is 0.349 e. The highest BCUT2D eigenvalue weighted by atomic mass is 127. The molecule has 15 heteroatoms. The third-order valence-electron chi connectivity index (χ3n) is 4.48. The summed E-state index contributed by atoms with van der Waals surface area (Å²) in [5.41, 5.74) is -2.12. The number of halogens is 3. The van der Waals surface area contributed by atoms with Crippen LogP contribution in [-0.2, 0) is 9.59 Å². The fraction of sp³-hybridized carbons (Fsp3) is 0.211. The SMILES string of the molecule is CCC(=O)Nc1c(I)c(NC(=O)CC)c(I)c(-c2cc([N+](=O)[O-])c(C(=O)O)c([N+](=O)[O-])c2)c1I. The molecule has 0 radical (unpaired) electrons. The van der Waals surface area contributed by atoms with Crippen molar-refractivity contribution < 1.29 is 29.3 Å². The summed E-state index contributed by atoms with van der Waals surface area (Å²) in [6, 6.07) is 1.86. The molecule has 0 unspecified atom stereocenters. The van der Waals surface area contributed by atoms with Crippen LogP contribution in [0.15, 0.2) is 12.1 Å². The van der Waals surface area contributed by atoms with Gasteiger partial charge in [-0.3, -0.25) is 29.8 Å². The van der Waals surface area contributed by atoms with E-state index in [-0.39, 0.29) is 35.8 Å². The standard InChI is InChI=1S/C19H15I3N4O8/c1-3-10(27)23-17-14(20)12(15(21)18(16(17)22)24-11(28)4-2)7-5-8(25(31)32)13(19(29)30)9(6-7)26(33)34/h5-6H,3-4H2,1-2H3,(H,23,27)(H,24,28)(H,29,30). The van der Waals surface area contributed by atoms with Gasteiger partial charge in [-0.05, 0) is 73.3 Å². The summed E-state index contributed by atoms with van der Waals surface area (Å²) in [7, 11) is 0. The third kappa shape index (κ3) is 5.73. The van der Waals surface area contributed by atoms with Crippen LogP contribution in [0.1, 0.15) is 37.0 Å². The Labute approximate surface area is 233 Å². The van der Waals surface area contributed by atoms with Crippen LogP contribution < -0.4 is 10.6 Å². The summed E-state index contributed by atoms with van der Waals surface area (Å²) in [6.45, 7) is 3.28. The molecule has 3 N–H and O–H groups in total. The minimum Gasteiger partial charge on any atom is -0.477 e. The van der Waals surface area contributed by atoms with Crippen LogP contribution >= 0.6 is 67.8 Å². The molecule has 0 saturated heterocycles. The van der Waals surface area contributed by atoms with Crippen molar-refractivity contribution in [2.24, 2.45) is 0 Å². The lowest BCUT2D eigenvalue weighted by molar-refractivity contribution is -0.394. The molecule has 0 aromatic heterocycles. The number of hydrogen-bond acceptors (Lipinski definition) is 7. The van der Waals surface area contributed by atoms with E-state index in [0.717, 1.165) is 12.1 Å². The summed E-state index contributed by atoms with van der Waals surface area (Å²) < 4.78 is 1.29. The second kappa shape index (κ2) is 11.5. The summed E-state index contributed by atoms with van der Waals surface area (Å²) in [5.74, 6) is -2.49. The van der Waals surface area contributed by atoms with E-state index in [0.29, 0.717) is 22.1 Å². The van der Waals surface area contributed by atoms with Crippen molar-refractivity contribution >= 4 is 108 Å². The Morgan fingerprint density at radius 3 is 1.53 bits per heavy atom. The van der Waals surface area contributed by atoms with Gasteiger partial charge in [0, 0.05) is 37.7 Å². The van der Waals surface area contributed by atoms with Gasteiger partial charge in [0.15, 0.2) is 0 Å². The number of benzene rings is 2. The number of carbonyl (C=O) groups excluding carboxylic acids is 2. The van der Waals surface area contributed by atoms with E-state index < -0.39 is 32.8 Å². The van der Waals surface area contributed by atoms with E-state index in [1.54, 1.807) is 13.8 Å². The van der Waals surface area contributed by atoms with Crippen molar-refractivity contribution in [3.05, 3.63) is 48.6 Å². The molecule has 0 aliphatic heterocycles. The first kappa shape index (κ1) is 28.1. The summed E-state index contributed by atoms with van der Waals surface area (Å²) >= 11 is 5.73. The number of nitro groups is 2. The fourth-order valence-electron chi connectivity index (χ4n) is 2.86. The number of carbonyl (C=O) groups is 3. The molecule has 0 heterocycles. The zero-order valence-electron chi connectivity index (χ0n) is 17.4.